The second-order valence-electron chi connectivity index (χ2n) is 6.62. The van der Waals surface area contributed by atoms with E-state index in [0.717, 1.165) is 12.8 Å². The van der Waals surface area contributed by atoms with Crippen molar-refractivity contribution in [1.82, 2.24) is 5.32 Å². The van der Waals surface area contributed by atoms with Gasteiger partial charge in [-0.2, -0.15) is 0 Å². The summed E-state index contributed by atoms with van der Waals surface area (Å²) < 4.78 is 6.08. The Bertz CT molecular complexity index is 458. The van der Waals surface area contributed by atoms with Gasteiger partial charge in [-0.25, -0.2) is 0 Å². The van der Waals surface area contributed by atoms with Crippen LogP contribution < -0.4 is 10.1 Å². The molecule has 0 saturated carbocycles. The molecule has 1 N–H and O–H groups in total. The molecule has 20 heavy (non-hydrogen) atoms. The Hall–Kier alpha value is -0.150. The molecule has 0 aromatic heterocycles. The molecule has 0 radical (unpaired) electrons. The van der Waals surface area contributed by atoms with Gasteiger partial charge in [0.05, 0.1) is 5.02 Å². The fourth-order valence-corrected chi connectivity index (χ4v) is 3.38. The minimum Gasteiger partial charge on any atom is -0.489 e. The van der Waals surface area contributed by atoms with Gasteiger partial charge in [-0.15, -0.1) is 12.4 Å². The quantitative estimate of drug-likeness (QED) is 0.809. The minimum atomic E-state index is 0. The molecule has 0 aliphatic carbocycles. The van der Waals surface area contributed by atoms with Crippen molar-refractivity contribution in [3.63, 3.8) is 0 Å². The molecule has 114 valence electrons. The van der Waals surface area contributed by atoms with Crippen molar-refractivity contribution in [2.75, 3.05) is 0 Å². The molecular weight excluding hydrogens is 317 g/mol. The van der Waals surface area contributed by atoms with Gasteiger partial charge in [0.15, 0.2) is 0 Å². The van der Waals surface area contributed by atoms with Crippen molar-refractivity contribution in [2.24, 2.45) is 0 Å². The lowest BCUT2D eigenvalue weighted by molar-refractivity contribution is 0.0560. The second-order valence-corrected chi connectivity index (χ2v) is 7.46. The van der Waals surface area contributed by atoms with Gasteiger partial charge in [0.1, 0.15) is 11.9 Å². The number of hydrogen-bond acceptors (Lipinski definition) is 2. The van der Waals surface area contributed by atoms with Crippen LogP contribution in [0.2, 0.25) is 10.0 Å². The van der Waals surface area contributed by atoms with Gasteiger partial charge in [0, 0.05) is 35.0 Å². The first-order valence-electron chi connectivity index (χ1n) is 6.58. The summed E-state index contributed by atoms with van der Waals surface area (Å²) >= 11 is 12.2. The van der Waals surface area contributed by atoms with Crippen LogP contribution >= 0.6 is 35.6 Å². The van der Waals surface area contributed by atoms with Crippen LogP contribution in [0.15, 0.2) is 18.2 Å². The molecular formula is C15H22Cl3NO. The van der Waals surface area contributed by atoms with E-state index >= 15 is 0 Å². The van der Waals surface area contributed by atoms with E-state index < -0.39 is 0 Å². The van der Waals surface area contributed by atoms with E-state index in [4.69, 9.17) is 27.9 Å². The average Bonchev–Trinajstić information content (AvgIpc) is 2.18. The fourth-order valence-electron chi connectivity index (χ4n) is 3.06. The van der Waals surface area contributed by atoms with Gasteiger partial charge in [-0.1, -0.05) is 23.2 Å². The van der Waals surface area contributed by atoms with Gasteiger partial charge in [0.2, 0.25) is 0 Å². The van der Waals surface area contributed by atoms with Gasteiger partial charge in [0.25, 0.3) is 0 Å². The Labute approximate surface area is 137 Å². The van der Waals surface area contributed by atoms with E-state index in [1.54, 1.807) is 18.2 Å². The van der Waals surface area contributed by atoms with Crippen LogP contribution in [-0.2, 0) is 0 Å². The van der Waals surface area contributed by atoms with E-state index in [9.17, 15) is 0 Å². The molecule has 0 unspecified atom stereocenters. The molecule has 1 aromatic rings. The smallest absolute Gasteiger partial charge is 0.139 e. The van der Waals surface area contributed by atoms with Crippen LogP contribution in [0.25, 0.3) is 0 Å². The van der Waals surface area contributed by atoms with Crippen LogP contribution in [0.5, 0.6) is 5.75 Å². The Balaban J connectivity index is 0.00000200. The first kappa shape index (κ1) is 17.9. The van der Waals surface area contributed by atoms with Crippen LogP contribution in [-0.4, -0.2) is 17.2 Å². The van der Waals surface area contributed by atoms with Gasteiger partial charge in [-0.3, -0.25) is 0 Å². The summed E-state index contributed by atoms with van der Waals surface area (Å²) in [4.78, 5) is 0. The highest BCUT2D eigenvalue weighted by molar-refractivity contribution is 6.34. The number of nitrogens with one attached hydrogen (secondary N) is 1. The highest BCUT2D eigenvalue weighted by Crippen LogP contribution is 2.34. The summed E-state index contributed by atoms with van der Waals surface area (Å²) in [6, 6.07) is 5.33. The fraction of sp³-hybridized carbons (Fsp3) is 0.600. The predicted molar refractivity (Wildman–Crippen MR) is 88.7 cm³/mol. The van der Waals surface area contributed by atoms with E-state index in [2.05, 4.69) is 33.0 Å². The van der Waals surface area contributed by atoms with E-state index in [1.807, 2.05) is 0 Å². The molecule has 0 bridgehead atoms. The van der Waals surface area contributed by atoms with E-state index in [0.29, 0.717) is 15.8 Å². The molecule has 1 fully saturated rings. The minimum absolute atomic E-state index is 0. The summed E-state index contributed by atoms with van der Waals surface area (Å²) in [6.07, 6.45) is 2.03. The topological polar surface area (TPSA) is 21.3 Å². The predicted octanol–water partition coefficient (Wildman–Crippen LogP) is 5.10. The molecule has 1 saturated heterocycles. The third kappa shape index (κ3) is 4.70. The number of ether oxygens (including phenoxy) is 1. The summed E-state index contributed by atoms with van der Waals surface area (Å²) in [7, 11) is 0. The molecule has 2 nitrogen and oxygen atoms in total. The molecule has 1 aromatic carbocycles. The van der Waals surface area contributed by atoms with Crippen molar-refractivity contribution in [2.45, 2.75) is 57.7 Å². The zero-order valence-electron chi connectivity index (χ0n) is 12.3. The average molecular weight is 339 g/mol. The van der Waals surface area contributed by atoms with Crippen LogP contribution in [0.1, 0.15) is 40.5 Å². The van der Waals surface area contributed by atoms with Crippen molar-refractivity contribution in [1.29, 1.82) is 0 Å². The molecule has 0 atom stereocenters. The maximum absolute atomic E-state index is 6.16. The summed E-state index contributed by atoms with van der Waals surface area (Å²) in [6.45, 7) is 8.79. The molecule has 5 heteroatoms. The SMILES string of the molecule is CC1(C)CC(Oc2cc(Cl)ccc2Cl)CC(C)(C)N1.Cl. The standard InChI is InChI=1S/C15H21Cl2NO.ClH/c1-14(2)8-11(9-15(3,4)18-14)19-13-7-10(16)5-6-12(13)17;/h5-7,11,18H,8-9H2,1-4H3;1H. The molecule has 1 heterocycles. The highest BCUT2D eigenvalue weighted by Gasteiger charge is 2.38. The lowest BCUT2D eigenvalue weighted by Gasteiger charge is -2.46. The number of halogens is 3. The van der Waals surface area contributed by atoms with Gasteiger partial charge in [-0.05, 0) is 39.8 Å². The summed E-state index contributed by atoms with van der Waals surface area (Å²) in [5, 5.41) is 4.89. The highest BCUT2D eigenvalue weighted by atomic mass is 35.5. The number of rotatable bonds is 2. The molecule has 1 aliphatic rings. The van der Waals surface area contributed by atoms with E-state index in [1.165, 1.54) is 0 Å². The van der Waals surface area contributed by atoms with Crippen molar-refractivity contribution in [3.8, 4) is 5.75 Å². The lowest BCUT2D eigenvalue weighted by atomic mass is 9.81. The van der Waals surface area contributed by atoms with Crippen LogP contribution in [0, 0.1) is 0 Å². The summed E-state index contributed by atoms with van der Waals surface area (Å²) in [5.74, 6) is 0.674. The molecule has 1 aliphatic heterocycles. The summed E-state index contributed by atoms with van der Waals surface area (Å²) in [5.41, 5.74) is 0.106. The third-order valence-corrected chi connectivity index (χ3v) is 3.89. The maximum Gasteiger partial charge on any atom is 0.139 e. The Morgan fingerprint density at radius 2 is 1.65 bits per heavy atom. The Morgan fingerprint density at radius 3 is 2.20 bits per heavy atom. The Morgan fingerprint density at radius 1 is 1.10 bits per heavy atom. The first-order valence-corrected chi connectivity index (χ1v) is 7.34. The van der Waals surface area contributed by atoms with Crippen molar-refractivity contribution >= 4 is 35.6 Å². The van der Waals surface area contributed by atoms with E-state index in [-0.39, 0.29) is 29.6 Å². The number of benzene rings is 1. The van der Waals surface area contributed by atoms with Crippen molar-refractivity contribution in [3.05, 3.63) is 28.2 Å². The monoisotopic (exact) mass is 337 g/mol. The largest absolute Gasteiger partial charge is 0.489 e. The maximum atomic E-state index is 6.16. The second kappa shape index (κ2) is 6.31. The molecule has 0 amide bonds. The Kier molecular flexibility index (Phi) is 5.65. The van der Waals surface area contributed by atoms with Gasteiger partial charge < -0.3 is 10.1 Å². The zero-order chi connectivity index (χ0) is 14.3. The van der Waals surface area contributed by atoms with Crippen molar-refractivity contribution < 1.29 is 4.74 Å². The van der Waals surface area contributed by atoms with Gasteiger partial charge >= 0.3 is 0 Å². The number of piperidine rings is 1. The third-order valence-electron chi connectivity index (χ3n) is 3.34. The first-order chi connectivity index (χ1) is 8.67. The zero-order valence-corrected chi connectivity index (χ0v) is 14.6. The number of hydrogen-bond donors (Lipinski definition) is 1. The van der Waals surface area contributed by atoms with Crippen LogP contribution in [0.4, 0.5) is 0 Å². The van der Waals surface area contributed by atoms with Crippen LogP contribution in [0.3, 0.4) is 0 Å². The molecule has 2 rings (SSSR count). The lowest BCUT2D eigenvalue weighted by Crippen LogP contribution is -2.60. The molecule has 0 spiro atoms. The normalized spacial score (nSPS) is 21.1.